The summed E-state index contributed by atoms with van der Waals surface area (Å²) < 4.78 is 0. The fourth-order valence-electron chi connectivity index (χ4n) is 4.35. The molecule has 0 aromatic heterocycles. The summed E-state index contributed by atoms with van der Waals surface area (Å²) in [7, 11) is 4.29. The van der Waals surface area contributed by atoms with Crippen LogP contribution in [0, 0.1) is 29.6 Å². The maximum absolute atomic E-state index is 3.63. The number of hydrogen-bond donors (Lipinski definition) is 1. The van der Waals surface area contributed by atoms with E-state index in [-0.39, 0.29) is 0 Å². The van der Waals surface area contributed by atoms with Crippen LogP contribution in [-0.2, 0) is 0 Å². The zero-order valence-corrected chi connectivity index (χ0v) is 10.1. The molecule has 15 heavy (non-hydrogen) atoms. The van der Waals surface area contributed by atoms with Gasteiger partial charge in [0.25, 0.3) is 0 Å². The minimum Gasteiger partial charge on any atom is -0.315 e. The predicted molar refractivity (Wildman–Crippen MR) is 62.7 cm³/mol. The van der Waals surface area contributed by atoms with Crippen molar-refractivity contribution in [3.63, 3.8) is 0 Å². The van der Waals surface area contributed by atoms with E-state index >= 15 is 0 Å². The summed E-state index contributed by atoms with van der Waals surface area (Å²) in [5.41, 5.74) is 0. The zero-order chi connectivity index (χ0) is 10.4. The van der Waals surface area contributed by atoms with Crippen molar-refractivity contribution in [2.45, 2.75) is 19.3 Å². The second-order valence-corrected chi connectivity index (χ2v) is 6.16. The normalized spacial score (nSPS) is 46.2. The Morgan fingerprint density at radius 3 is 2.40 bits per heavy atom. The molecule has 3 rings (SSSR count). The molecule has 0 spiro atoms. The monoisotopic (exact) mass is 208 g/mol. The SMILES string of the molecule is CN(C)CCNCC1C2C3CCC(C3)C12. The highest BCUT2D eigenvalue weighted by molar-refractivity contribution is 5.13. The molecule has 4 atom stereocenters. The maximum atomic E-state index is 3.63. The largest absolute Gasteiger partial charge is 0.315 e. The lowest BCUT2D eigenvalue weighted by Crippen LogP contribution is -2.28. The molecular weight excluding hydrogens is 184 g/mol. The first-order valence-corrected chi connectivity index (χ1v) is 6.63. The van der Waals surface area contributed by atoms with E-state index in [9.17, 15) is 0 Å². The minimum absolute atomic E-state index is 1.07. The number of rotatable bonds is 5. The van der Waals surface area contributed by atoms with Crippen LogP contribution in [0.4, 0.5) is 0 Å². The molecule has 2 bridgehead atoms. The Balaban J connectivity index is 1.37. The van der Waals surface area contributed by atoms with Crippen LogP contribution in [0.15, 0.2) is 0 Å². The highest BCUT2D eigenvalue weighted by Crippen LogP contribution is 2.69. The van der Waals surface area contributed by atoms with Crippen LogP contribution in [0.1, 0.15) is 19.3 Å². The molecule has 2 nitrogen and oxygen atoms in total. The van der Waals surface area contributed by atoms with Gasteiger partial charge in [0.2, 0.25) is 0 Å². The number of nitrogens with zero attached hydrogens (tertiary/aromatic N) is 1. The van der Waals surface area contributed by atoms with Crippen LogP contribution >= 0.6 is 0 Å². The highest BCUT2D eigenvalue weighted by atomic mass is 15.1. The fraction of sp³-hybridized carbons (Fsp3) is 1.00. The molecule has 3 fully saturated rings. The van der Waals surface area contributed by atoms with Crippen LogP contribution in [-0.4, -0.2) is 38.6 Å². The highest BCUT2D eigenvalue weighted by Gasteiger charge is 2.64. The summed E-state index contributed by atoms with van der Waals surface area (Å²) in [6.07, 6.45) is 4.70. The van der Waals surface area contributed by atoms with Crippen molar-refractivity contribution in [2.75, 3.05) is 33.7 Å². The van der Waals surface area contributed by atoms with Crippen molar-refractivity contribution in [3.05, 3.63) is 0 Å². The van der Waals surface area contributed by atoms with E-state index in [1.54, 1.807) is 19.3 Å². The van der Waals surface area contributed by atoms with Gasteiger partial charge in [-0.1, -0.05) is 0 Å². The van der Waals surface area contributed by atoms with Crippen molar-refractivity contribution in [3.8, 4) is 0 Å². The lowest BCUT2D eigenvalue weighted by molar-refractivity contribution is 0.386. The van der Waals surface area contributed by atoms with E-state index in [4.69, 9.17) is 0 Å². The molecule has 0 radical (unpaired) electrons. The van der Waals surface area contributed by atoms with Crippen LogP contribution in [0.3, 0.4) is 0 Å². The van der Waals surface area contributed by atoms with E-state index < -0.39 is 0 Å². The first-order chi connectivity index (χ1) is 7.27. The van der Waals surface area contributed by atoms with Gasteiger partial charge in [-0.15, -0.1) is 0 Å². The summed E-state index contributed by atoms with van der Waals surface area (Å²) in [4.78, 5) is 2.25. The van der Waals surface area contributed by atoms with Crippen molar-refractivity contribution in [1.82, 2.24) is 10.2 Å². The van der Waals surface area contributed by atoms with Crippen molar-refractivity contribution in [1.29, 1.82) is 0 Å². The quantitative estimate of drug-likeness (QED) is 0.688. The van der Waals surface area contributed by atoms with Gasteiger partial charge in [-0.25, -0.2) is 0 Å². The standard InChI is InChI=1S/C13H24N2/c1-15(2)6-5-14-8-11-12-9-3-4-10(7-9)13(11)12/h9-14H,3-8H2,1-2H3. The van der Waals surface area contributed by atoms with Gasteiger partial charge in [0, 0.05) is 13.1 Å². The topological polar surface area (TPSA) is 15.3 Å². The Labute approximate surface area is 93.4 Å². The number of hydrogen-bond acceptors (Lipinski definition) is 2. The van der Waals surface area contributed by atoms with Gasteiger partial charge in [-0.05, 0) is 69.5 Å². The van der Waals surface area contributed by atoms with E-state index in [0.29, 0.717) is 0 Å². The number of nitrogens with one attached hydrogen (secondary N) is 1. The molecule has 0 aliphatic heterocycles. The summed E-state index contributed by atoms with van der Waals surface area (Å²) in [6.45, 7) is 3.64. The molecule has 1 N–H and O–H groups in total. The molecule has 2 heteroatoms. The Morgan fingerprint density at radius 2 is 1.80 bits per heavy atom. The van der Waals surface area contributed by atoms with E-state index in [0.717, 1.165) is 36.1 Å². The Bertz CT molecular complexity index is 223. The molecule has 3 aliphatic rings. The van der Waals surface area contributed by atoms with Crippen LogP contribution in [0.2, 0.25) is 0 Å². The third kappa shape index (κ3) is 1.72. The Hall–Kier alpha value is -0.0800. The van der Waals surface area contributed by atoms with Gasteiger partial charge < -0.3 is 10.2 Å². The van der Waals surface area contributed by atoms with Gasteiger partial charge in [0.1, 0.15) is 0 Å². The first kappa shape index (κ1) is 10.1. The average Bonchev–Trinajstić information content (AvgIpc) is 2.61. The second kappa shape index (κ2) is 3.74. The third-order valence-electron chi connectivity index (χ3n) is 5.01. The lowest BCUT2D eigenvalue weighted by Gasteiger charge is -2.12. The first-order valence-electron chi connectivity index (χ1n) is 6.63. The minimum atomic E-state index is 1.07. The van der Waals surface area contributed by atoms with Crippen LogP contribution < -0.4 is 5.32 Å². The molecule has 0 aromatic carbocycles. The molecule has 4 unspecified atom stereocenters. The fourth-order valence-corrected chi connectivity index (χ4v) is 4.35. The number of fused-ring (bicyclic) bond motifs is 5. The maximum Gasteiger partial charge on any atom is 0.0101 e. The predicted octanol–water partition coefficient (Wildman–Crippen LogP) is 1.43. The molecular formula is C13H24N2. The summed E-state index contributed by atoms with van der Waals surface area (Å²) in [5, 5.41) is 3.63. The van der Waals surface area contributed by atoms with Gasteiger partial charge in [-0.2, -0.15) is 0 Å². The van der Waals surface area contributed by atoms with Gasteiger partial charge >= 0.3 is 0 Å². The molecule has 3 aliphatic carbocycles. The van der Waals surface area contributed by atoms with E-state index in [1.807, 2.05) is 0 Å². The van der Waals surface area contributed by atoms with Crippen LogP contribution in [0.5, 0.6) is 0 Å². The Kier molecular flexibility index (Phi) is 2.52. The van der Waals surface area contributed by atoms with Crippen molar-refractivity contribution >= 4 is 0 Å². The smallest absolute Gasteiger partial charge is 0.0101 e. The number of likely N-dealkylation sites (N-methyl/N-ethyl adjacent to an activating group) is 1. The molecule has 3 saturated carbocycles. The molecule has 0 saturated heterocycles. The molecule has 0 heterocycles. The average molecular weight is 208 g/mol. The third-order valence-corrected chi connectivity index (χ3v) is 5.01. The Morgan fingerprint density at radius 1 is 1.13 bits per heavy atom. The van der Waals surface area contributed by atoms with Gasteiger partial charge in [0.05, 0.1) is 0 Å². The summed E-state index contributed by atoms with van der Waals surface area (Å²) in [6, 6.07) is 0. The summed E-state index contributed by atoms with van der Waals surface area (Å²) >= 11 is 0. The molecule has 0 amide bonds. The summed E-state index contributed by atoms with van der Waals surface area (Å²) in [5.74, 6) is 5.64. The van der Waals surface area contributed by atoms with Gasteiger partial charge in [-0.3, -0.25) is 0 Å². The molecule has 0 aromatic rings. The van der Waals surface area contributed by atoms with Crippen LogP contribution in [0.25, 0.3) is 0 Å². The van der Waals surface area contributed by atoms with Gasteiger partial charge in [0.15, 0.2) is 0 Å². The lowest BCUT2D eigenvalue weighted by atomic mass is 10.0. The zero-order valence-electron chi connectivity index (χ0n) is 10.1. The van der Waals surface area contributed by atoms with Crippen molar-refractivity contribution < 1.29 is 0 Å². The van der Waals surface area contributed by atoms with E-state index in [2.05, 4.69) is 24.3 Å². The second-order valence-electron chi connectivity index (χ2n) is 6.16. The molecule has 86 valence electrons. The van der Waals surface area contributed by atoms with Crippen molar-refractivity contribution in [2.24, 2.45) is 29.6 Å². The van der Waals surface area contributed by atoms with E-state index in [1.165, 1.54) is 13.1 Å².